The predicted octanol–water partition coefficient (Wildman–Crippen LogP) is 4.36. The first kappa shape index (κ1) is 30.2. The second kappa shape index (κ2) is 13.4. The Morgan fingerprint density at radius 2 is 1.76 bits per heavy atom. The molecule has 1 aliphatic carbocycles. The quantitative estimate of drug-likeness (QED) is 0.174. The van der Waals surface area contributed by atoms with Crippen LogP contribution in [0.2, 0.25) is 0 Å². The molecule has 3 N–H and O–H groups in total. The van der Waals surface area contributed by atoms with E-state index >= 15 is 0 Å². The molecule has 0 radical (unpaired) electrons. The van der Waals surface area contributed by atoms with Gasteiger partial charge in [-0.3, -0.25) is 10.2 Å². The molecule has 1 heterocycles. The SMILES string of the molecule is O=C(NNCC1CC1)[C@@]1(CCS(=O)(=O)c2ccccc2)N=C(c2ccc(OCCCO)cc2)O[C@H]1c1ccc(Br)cc1. The Labute approximate surface area is 254 Å². The van der Waals surface area contributed by atoms with Gasteiger partial charge in [0, 0.05) is 36.0 Å². The molecule has 222 valence electrons. The molecule has 2 aliphatic rings. The molecule has 42 heavy (non-hydrogen) atoms. The topological polar surface area (TPSA) is 126 Å². The highest BCUT2D eigenvalue weighted by atomic mass is 79.9. The van der Waals surface area contributed by atoms with Crippen molar-refractivity contribution in [3.8, 4) is 5.75 Å². The highest BCUT2D eigenvalue weighted by Crippen LogP contribution is 2.43. The standard InChI is InChI=1S/C31H34BrN3O6S/c32-25-13-9-23(10-14-25)28-31(30(37)35-33-21-22-7-8-22,17-20-42(38,39)27-5-2-1-3-6-27)34-29(41-28)24-11-15-26(16-12-24)40-19-4-18-36/h1-3,5-6,9-16,22,28,33,36H,4,7-8,17-21H2,(H,35,37)/t28-,31-/m0/s1. The predicted molar refractivity (Wildman–Crippen MR) is 163 cm³/mol. The number of aliphatic hydroxyl groups excluding tert-OH is 1. The summed E-state index contributed by atoms with van der Waals surface area (Å²) in [5.74, 6) is 0.603. The van der Waals surface area contributed by atoms with E-state index in [1.807, 2.05) is 24.3 Å². The summed E-state index contributed by atoms with van der Waals surface area (Å²) >= 11 is 3.46. The van der Waals surface area contributed by atoms with Crippen molar-refractivity contribution < 1.29 is 27.8 Å². The highest BCUT2D eigenvalue weighted by molar-refractivity contribution is 9.10. The lowest BCUT2D eigenvalue weighted by Crippen LogP contribution is -2.53. The van der Waals surface area contributed by atoms with Gasteiger partial charge in [-0.05, 0) is 72.9 Å². The van der Waals surface area contributed by atoms with E-state index in [0.29, 0.717) is 42.4 Å². The molecule has 0 aromatic heterocycles. The fraction of sp³-hybridized carbons (Fsp3) is 0.355. The molecule has 0 saturated heterocycles. The van der Waals surface area contributed by atoms with Crippen molar-refractivity contribution in [1.29, 1.82) is 0 Å². The Balaban J connectivity index is 1.50. The average molecular weight is 657 g/mol. The van der Waals surface area contributed by atoms with Crippen LogP contribution in [0.25, 0.3) is 0 Å². The zero-order valence-corrected chi connectivity index (χ0v) is 25.4. The smallest absolute Gasteiger partial charge is 0.266 e. The molecule has 1 saturated carbocycles. The van der Waals surface area contributed by atoms with Crippen molar-refractivity contribution in [2.75, 3.05) is 25.5 Å². The van der Waals surface area contributed by atoms with E-state index in [0.717, 1.165) is 17.3 Å². The molecule has 3 aromatic carbocycles. The first-order valence-electron chi connectivity index (χ1n) is 14.0. The molecule has 0 spiro atoms. The summed E-state index contributed by atoms with van der Waals surface area (Å²) in [7, 11) is -3.72. The van der Waals surface area contributed by atoms with E-state index in [9.17, 15) is 13.2 Å². The molecular weight excluding hydrogens is 622 g/mol. The number of hydrogen-bond donors (Lipinski definition) is 3. The molecule has 3 aromatic rings. The van der Waals surface area contributed by atoms with Gasteiger partial charge in [0.15, 0.2) is 21.5 Å². The second-order valence-corrected chi connectivity index (χ2v) is 13.5. The minimum Gasteiger partial charge on any atom is -0.494 e. The van der Waals surface area contributed by atoms with E-state index in [-0.39, 0.29) is 29.6 Å². The van der Waals surface area contributed by atoms with Crippen molar-refractivity contribution in [1.82, 2.24) is 10.9 Å². The van der Waals surface area contributed by atoms with Gasteiger partial charge in [-0.1, -0.05) is 46.3 Å². The Kier molecular flexibility index (Phi) is 9.62. The van der Waals surface area contributed by atoms with Crippen molar-refractivity contribution >= 4 is 37.6 Å². The van der Waals surface area contributed by atoms with Crippen molar-refractivity contribution in [3.05, 3.63) is 94.5 Å². The molecule has 1 amide bonds. The van der Waals surface area contributed by atoms with Crippen LogP contribution in [0.1, 0.15) is 42.9 Å². The van der Waals surface area contributed by atoms with Crippen LogP contribution in [-0.4, -0.2) is 56.4 Å². The molecule has 0 bridgehead atoms. The third kappa shape index (κ3) is 7.20. The number of sulfone groups is 1. The van der Waals surface area contributed by atoms with Gasteiger partial charge in [0.25, 0.3) is 5.91 Å². The Morgan fingerprint density at radius 1 is 1.05 bits per heavy atom. The minimum absolute atomic E-state index is 0.0415. The normalized spacial score (nSPS) is 20.0. The van der Waals surface area contributed by atoms with E-state index < -0.39 is 27.4 Å². The molecule has 11 heteroatoms. The summed E-state index contributed by atoms with van der Waals surface area (Å²) in [4.78, 5) is 19.1. The second-order valence-electron chi connectivity index (χ2n) is 10.5. The van der Waals surface area contributed by atoms with Gasteiger partial charge in [0.05, 0.1) is 17.3 Å². The molecule has 1 fully saturated rings. The highest BCUT2D eigenvalue weighted by Gasteiger charge is 2.53. The number of rotatable bonds is 14. The van der Waals surface area contributed by atoms with E-state index in [1.165, 1.54) is 0 Å². The maximum Gasteiger partial charge on any atom is 0.266 e. The van der Waals surface area contributed by atoms with E-state index in [2.05, 4.69) is 26.8 Å². The molecule has 2 atom stereocenters. The Morgan fingerprint density at radius 3 is 2.43 bits per heavy atom. The van der Waals surface area contributed by atoms with Gasteiger partial charge < -0.3 is 14.6 Å². The number of aliphatic imine (C=N–C) groups is 1. The molecular formula is C31H34BrN3O6S. The van der Waals surface area contributed by atoms with Crippen LogP contribution in [0, 0.1) is 5.92 Å². The maximum absolute atomic E-state index is 14.0. The largest absolute Gasteiger partial charge is 0.494 e. The van der Waals surface area contributed by atoms with Gasteiger partial charge in [0.1, 0.15) is 5.75 Å². The number of nitrogens with zero attached hydrogens (tertiary/aromatic N) is 1. The summed E-state index contributed by atoms with van der Waals surface area (Å²) < 4.78 is 39.7. The van der Waals surface area contributed by atoms with Gasteiger partial charge in [0.2, 0.25) is 5.90 Å². The number of halogens is 1. The lowest BCUT2D eigenvalue weighted by molar-refractivity contribution is -0.130. The third-order valence-corrected chi connectivity index (χ3v) is 9.61. The average Bonchev–Trinajstić information content (AvgIpc) is 3.75. The number of hydrogen-bond acceptors (Lipinski definition) is 8. The number of ether oxygens (including phenoxy) is 2. The van der Waals surface area contributed by atoms with Crippen LogP contribution < -0.4 is 15.6 Å². The Hall–Kier alpha value is -3.25. The summed E-state index contributed by atoms with van der Waals surface area (Å²) in [6, 6.07) is 22.7. The first-order chi connectivity index (χ1) is 20.3. The van der Waals surface area contributed by atoms with E-state index in [1.54, 1.807) is 54.6 Å². The van der Waals surface area contributed by atoms with Crippen molar-refractivity contribution in [2.24, 2.45) is 10.9 Å². The summed E-state index contributed by atoms with van der Waals surface area (Å²) in [5.41, 5.74) is 5.58. The minimum atomic E-state index is -3.72. The number of amides is 1. The van der Waals surface area contributed by atoms with E-state index in [4.69, 9.17) is 19.6 Å². The van der Waals surface area contributed by atoms with Crippen LogP contribution in [0.5, 0.6) is 5.75 Å². The van der Waals surface area contributed by atoms with Crippen LogP contribution in [0.4, 0.5) is 0 Å². The zero-order valence-electron chi connectivity index (χ0n) is 23.0. The first-order valence-corrected chi connectivity index (χ1v) is 16.4. The van der Waals surface area contributed by atoms with Gasteiger partial charge in [-0.15, -0.1) is 0 Å². The monoisotopic (exact) mass is 655 g/mol. The third-order valence-electron chi connectivity index (χ3n) is 7.35. The lowest BCUT2D eigenvalue weighted by atomic mass is 9.85. The number of benzene rings is 3. The number of hydrazine groups is 1. The van der Waals surface area contributed by atoms with Crippen molar-refractivity contribution in [2.45, 2.75) is 42.2 Å². The number of aliphatic hydroxyl groups is 1. The molecule has 9 nitrogen and oxygen atoms in total. The zero-order chi connectivity index (χ0) is 29.6. The number of nitrogens with one attached hydrogen (secondary N) is 2. The fourth-order valence-electron chi connectivity index (χ4n) is 4.75. The maximum atomic E-state index is 14.0. The number of carbonyl (C=O) groups is 1. The summed E-state index contributed by atoms with van der Waals surface area (Å²) in [6.07, 6.45) is 1.75. The van der Waals surface area contributed by atoms with Gasteiger partial charge in [-0.2, -0.15) is 0 Å². The fourth-order valence-corrected chi connectivity index (χ4v) is 6.40. The Bertz CT molecular complexity index is 1500. The van der Waals surface area contributed by atoms with Gasteiger partial charge in [-0.25, -0.2) is 18.8 Å². The van der Waals surface area contributed by atoms with Crippen LogP contribution in [0.15, 0.2) is 93.2 Å². The number of carbonyl (C=O) groups excluding carboxylic acids is 1. The van der Waals surface area contributed by atoms with Crippen LogP contribution >= 0.6 is 15.9 Å². The van der Waals surface area contributed by atoms with Crippen molar-refractivity contribution in [3.63, 3.8) is 0 Å². The molecule has 5 rings (SSSR count). The van der Waals surface area contributed by atoms with Crippen LogP contribution in [-0.2, 0) is 19.4 Å². The summed E-state index contributed by atoms with van der Waals surface area (Å²) in [6.45, 7) is 1.05. The summed E-state index contributed by atoms with van der Waals surface area (Å²) in [5, 5.41) is 9.01. The molecule has 0 unspecified atom stereocenters. The van der Waals surface area contributed by atoms with Crippen LogP contribution in [0.3, 0.4) is 0 Å². The lowest BCUT2D eigenvalue weighted by Gasteiger charge is -2.30. The molecule has 1 aliphatic heterocycles. The van der Waals surface area contributed by atoms with Gasteiger partial charge >= 0.3 is 0 Å².